The molecule has 0 radical (unpaired) electrons. The number of carbonyl (C=O) groups is 2. The number of hydrogen-bond donors (Lipinski definition) is 3. The summed E-state index contributed by atoms with van der Waals surface area (Å²) < 4.78 is 0. The molecule has 3 amide bonds. The molecular weight excluding hydrogens is 385 g/mol. The summed E-state index contributed by atoms with van der Waals surface area (Å²) in [5.41, 5.74) is 2.03. The van der Waals surface area contributed by atoms with Gasteiger partial charge in [0.05, 0.1) is 10.7 Å². The van der Waals surface area contributed by atoms with Crippen molar-refractivity contribution in [2.45, 2.75) is 0 Å². The van der Waals surface area contributed by atoms with Crippen molar-refractivity contribution in [1.82, 2.24) is 0 Å². The molecule has 0 saturated carbocycles. The maximum absolute atomic E-state index is 12.2. The molecule has 0 aromatic heterocycles. The zero-order chi connectivity index (χ0) is 19.2. The van der Waals surface area contributed by atoms with Crippen molar-refractivity contribution in [3.8, 4) is 0 Å². The molecule has 27 heavy (non-hydrogen) atoms. The zero-order valence-electron chi connectivity index (χ0n) is 14.0. The van der Waals surface area contributed by atoms with Crippen LogP contribution in [0, 0.1) is 0 Å². The van der Waals surface area contributed by atoms with Crippen molar-refractivity contribution >= 4 is 52.2 Å². The SMILES string of the molecule is O=C(Nc1cccc(Cl)c1)Nc1ccc(NC(=O)c2ccccc2)c(Cl)c1. The summed E-state index contributed by atoms with van der Waals surface area (Å²) in [5, 5.41) is 8.91. The molecule has 0 spiro atoms. The van der Waals surface area contributed by atoms with E-state index in [9.17, 15) is 9.59 Å². The van der Waals surface area contributed by atoms with E-state index in [0.29, 0.717) is 32.7 Å². The van der Waals surface area contributed by atoms with E-state index in [1.807, 2.05) is 6.07 Å². The van der Waals surface area contributed by atoms with Crippen LogP contribution in [0.1, 0.15) is 10.4 Å². The summed E-state index contributed by atoms with van der Waals surface area (Å²) in [5.74, 6) is -0.267. The molecule has 0 aliphatic heterocycles. The molecule has 5 nitrogen and oxygen atoms in total. The summed E-state index contributed by atoms with van der Waals surface area (Å²) in [7, 11) is 0. The summed E-state index contributed by atoms with van der Waals surface area (Å²) in [6.45, 7) is 0. The monoisotopic (exact) mass is 399 g/mol. The largest absolute Gasteiger partial charge is 0.323 e. The third-order valence-electron chi connectivity index (χ3n) is 3.59. The first kappa shape index (κ1) is 18.8. The van der Waals surface area contributed by atoms with Crippen LogP contribution in [-0.2, 0) is 0 Å². The summed E-state index contributed by atoms with van der Waals surface area (Å²) in [6, 6.07) is 20.0. The van der Waals surface area contributed by atoms with Gasteiger partial charge in [-0.05, 0) is 48.5 Å². The fourth-order valence-corrected chi connectivity index (χ4v) is 2.76. The van der Waals surface area contributed by atoms with Gasteiger partial charge in [-0.2, -0.15) is 0 Å². The molecule has 0 aliphatic carbocycles. The van der Waals surface area contributed by atoms with Crippen LogP contribution in [0.5, 0.6) is 0 Å². The van der Waals surface area contributed by atoms with Crippen LogP contribution in [0.25, 0.3) is 0 Å². The molecule has 0 bridgehead atoms. The lowest BCUT2D eigenvalue weighted by molar-refractivity contribution is 0.102. The number of benzene rings is 3. The Morgan fingerprint density at radius 3 is 2.07 bits per heavy atom. The fourth-order valence-electron chi connectivity index (χ4n) is 2.34. The van der Waals surface area contributed by atoms with Crippen molar-refractivity contribution < 1.29 is 9.59 Å². The van der Waals surface area contributed by atoms with Gasteiger partial charge >= 0.3 is 6.03 Å². The number of urea groups is 1. The van der Waals surface area contributed by atoms with Crippen LogP contribution in [0.3, 0.4) is 0 Å². The van der Waals surface area contributed by atoms with E-state index >= 15 is 0 Å². The molecule has 3 aromatic rings. The van der Waals surface area contributed by atoms with E-state index in [-0.39, 0.29) is 5.91 Å². The van der Waals surface area contributed by atoms with Gasteiger partial charge in [0, 0.05) is 22.0 Å². The first-order chi connectivity index (χ1) is 13.0. The Labute approximate surface area is 166 Å². The third-order valence-corrected chi connectivity index (χ3v) is 4.14. The number of anilines is 3. The second-order valence-electron chi connectivity index (χ2n) is 5.60. The molecule has 0 saturated heterocycles. The Kier molecular flexibility index (Phi) is 5.96. The zero-order valence-corrected chi connectivity index (χ0v) is 15.5. The molecule has 0 aliphatic rings. The van der Waals surface area contributed by atoms with Crippen LogP contribution in [-0.4, -0.2) is 11.9 Å². The molecule has 0 atom stereocenters. The normalized spacial score (nSPS) is 10.1. The number of hydrogen-bond acceptors (Lipinski definition) is 2. The van der Waals surface area contributed by atoms with Gasteiger partial charge in [0.15, 0.2) is 0 Å². The van der Waals surface area contributed by atoms with Gasteiger partial charge in [-0.3, -0.25) is 4.79 Å². The maximum atomic E-state index is 12.2. The molecule has 0 fully saturated rings. The van der Waals surface area contributed by atoms with Crippen LogP contribution in [0.15, 0.2) is 72.8 Å². The maximum Gasteiger partial charge on any atom is 0.323 e. The Morgan fingerprint density at radius 2 is 1.41 bits per heavy atom. The molecule has 7 heteroatoms. The average molecular weight is 400 g/mol. The van der Waals surface area contributed by atoms with Crippen LogP contribution < -0.4 is 16.0 Å². The van der Waals surface area contributed by atoms with E-state index in [1.165, 1.54) is 0 Å². The minimum Gasteiger partial charge on any atom is -0.321 e. The van der Waals surface area contributed by atoms with E-state index in [2.05, 4.69) is 16.0 Å². The highest BCUT2D eigenvalue weighted by atomic mass is 35.5. The lowest BCUT2D eigenvalue weighted by Crippen LogP contribution is -2.19. The van der Waals surface area contributed by atoms with Crippen LogP contribution in [0.4, 0.5) is 21.9 Å². The van der Waals surface area contributed by atoms with E-state index in [4.69, 9.17) is 23.2 Å². The number of amides is 3. The molecule has 136 valence electrons. The van der Waals surface area contributed by atoms with Crippen molar-refractivity contribution in [2.24, 2.45) is 0 Å². The predicted molar refractivity (Wildman–Crippen MR) is 110 cm³/mol. The number of rotatable bonds is 4. The van der Waals surface area contributed by atoms with Gasteiger partial charge in [0.25, 0.3) is 5.91 Å². The topological polar surface area (TPSA) is 70.2 Å². The number of halogens is 2. The van der Waals surface area contributed by atoms with Gasteiger partial charge in [-0.25, -0.2) is 4.79 Å². The smallest absolute Gasteiger partial charge is 0.321 e. The van der Waals surface area contributed by atoms with Crippen LogP contribution >= 0.6 is 23.2 Å². The molecule has 3 rings (SSSR count). The van der Waals surface area contributed by atoms with Crippen molar-refractivity contribution in [2.75, 3.05) is 16.0 Å². The number of carbonyl (C=O) groups excluding carboxylic acids is 2. The lowest BCUT2D eigenvalue weighted by Gasteiger charge is -2.11. The molecular formula is C20H15Cl2N3O2. The Morgan fingerprint density at radius 1 is 0.704 bits per heavy atom. The van der Waals surface area contributed by atoms with Crippen molar-refractivity contribution in [3.63, 3.8) is 0 Å². The lowest BCUT2D eigenvalue weighted by atomic mass is 10.2. The first-order valence-corrected chi connectivity index (χ1v) is 8.76. The molecule has 3 N–H and O–H groups in total. The van der Waals surface area contributed by atoms with Crippen molar-refractivity contribution in [1.29, 1.82) is 0 Å². The van der Waals surface area contributed by atoms with Crippen LogP contribution in [0.2, 0.25) is 10.0 Å². The summed E-state index contributed by atoms with van der Waals surface area (Å²) in [4.78, 5) is 24.3. The highest BCUT2D eigenvalue weighted by Crippen LogP contribution is 2.26. The van der Waals surface area contributed by atoms with Crippen molar-refractivity contribution in [3.05, 3.63) is 88.4 Å². The fraction of sp³-hybridized carbons (Fsp3) is 0. The second kappa shape index (κ2) is 8.58. The van der Waals surface area contributed by atoms with E-state index in [0.717, 1.165) is 0 Å². The van der Waals surface area contributed by atoms with Gasteiger partial charge < -0.3 is 16.0 Å². The predicted octanol–water partition coefficient (Wildman–Crippen LogP) is 5.89. The Bertz CT molecular complexity index is 978. The molecule has 0 heterocycles. The molecule has 3 aromatic carbocycles. The average Bonchev–Trinajstić information content (AvgIpc) is 2.64. The number of nitrogens with one attached hydrogen (secondary N) is 3. The Hall–Kier alpha value is -3.02. The quantitative estimate of drug-likeness (QED) is 0.511. The highest BCUT2D eigenvalue weighted by Gasteiger charge is 2.10. The summed E-state index contributed by atoms with van der Waals surface area (Å²) >= 11 is 12.1. The Balaban J connectivity index is 1.64. The second-order valence-corrected chi connectivity index (χ2v) is 6.45. The van der Waals surface area contributed by atoms with E-state index in [1.54, 1.807) is 66.7 Å². The molecule has 0 unspecified atom stereocenters. The third kappa shape index (κ3) is 5.23. The minimum atomic E-state index is -0.436. The minimum absolute atomic E-state index is 0.267. The standard InChI is InChI=1S/C20H15Cl2N3O2/c21-14-7-4-8-15(11-14)23-20(27)24-16-9-10-18(17(22)12-16)25-19(26)13-5-2-1-3-6-13/h1-12H,(H,25,26)(H2,23,24,27). The van der Waals surface area contributed by atoms with Gasteiger partial charge in [-0.1, -0.05) is 47.5 Å². The van der Waals surface area contributed by atoms with Gasteiger partial charge in [-0.15, -0.1) is 0 Å². The van der Waals surface area contributed by atoms with E-state index < -0.39 is 6.03 Å². The first-order valence-electron chi connectivity index (χ1n) is 8.01. The van der Waals surface area contributed by atoms with Gasteiger partial charge in [0.2, 0.25) is 0 Å². The highest BCUT2D eigenvalue weighted by molar-refractivity contribution is 6.34. The summed E-state index contributed by atoms with van der Waals surface area (Å²) in [6.07, 6.45) is 0. The van der Waals surface area contributed by atoms with Gasteiger partial charge in [0.1, 0.15) is 0 Å².